The fraction of sp³-hybridized carbons (Fsp3) is 0.394. The van der Waals surface area contributed by atoms with E-state index < -0.39 is 16.7 Å². The molecule has 3 heterocycles. The van der Waals surface area contributed by atoms with Crippen LogP contribution in [0.4, 0.5) is 23.1 Å². The maximum Gasteiger partial charge on any atom is 0.296 e. The number of nitrogens with one attached hydrogen (secondary N) is 2. The molecule has 1 aliphatic rings. The van der Waals surface area contributed by atoms with Crippen molar-refractivity contribution in [2.75, 3.05) is 63.7 Å². The fourth-order valence-electron chi connectivity index (χ4n) is 5.70. The number of amides is 2. The van der Waals surface area contributed by atoms with Crippen molar-refractivity contribution in [2.45, 2.75) is 33.4 Å². The Kier molecular flexibility index (Phi) is 11.5. The number of aromatic nitrogens is 4. The molecule has 266 valence electrons. The number of fused-ring (bicyclic) bond motifs is 1. The van der Waals surface area contributed by atoms with Crippen LogP contribution >= 0.6 is 0 Å². The molecule has 0 bridgehead atoms. The first kappa shape index (κ1) is 35.6. The third-order valence-electron chi connectivity index (χ3n) is 8.15. The number of hydrogen-bond acceptors (Lipinski definition) is 12. The minimum absolute atomic E-state index is 0.0418. The minimum Gasteiger partial charge on any atom is -0.494 e. The molecule has 17 heteroatoms. The van der Waals surface area contributed by atoms with Gasteiger partial charge < -0.3 is 40.9 Å². The van der Waals surface area contributed by atoms with Crippen LogP contribution in [-0.4, -0.2) is 94.1 Å². The van der Waals surface area contributed by atoms with E-state index in [0.29, 0.717) is 55.6 Å². The van der Waals surface area contributed by atoms with Gasteiger partial charge in [0.25, 0.3) is 5.69 Å². The molecule has 1 aliphatic heterocycles. The van der Waals surface area contributed by atoms with Crippen LogP contribution in [0.3, 0.4) is 0 Å². The molecule has 50 heavy (non-hydrogen) atoms. The Labute approximate surface area is 288 Å². The molecule has 4 aromatic rings. The summed E-state index contributed by atoms with van der Waals surface area (Å²) in [7, 11) is 1.35. The Morgan fingerprint density at radius 2 is 1.80 bits per heavy atom. The van der Waals surface area contributed by atoms with Gasteiger partial charge in [-0.3, -0.25) is 24.6 Å². The summed E-state index contributed by atoms with van der Waals surface area (Å²) < 4.78 is 20.8. The van der Waals surface area contributed by atoms with Crippen molar-refractivity contribution in [1.29, 1.82) is 0 Å². The highest BCUT2D eigenvalue weighted by molar-refractivity contribution is 5.99. The second-order valence-electron chi connectivity index (χ2n) is 11.6. The van der Waals surface area contributed by atoms with Crippen LogP contribution in [0.2, 0.25) is 0 Å². The van der Waals surface area contributed by atoms with Crippen LogP contribution in [0, 0.1) is 17.0 Å². The number of ether oxygens (including phenoxy) is 3. The topological polar surface area (TPSA) is 220 Å². The van der Waals surface area contributed by atoms with Crippen molar-refractivity contribution in [3.8, 4) is 11.5 Å². The number of morpholine rings is 1. The summed E-state index contributed by atoms with van der Waals surface area (Å²) in [6.07, 6.45) is 4.42. The number of nitro groups is 1. The molecule has 0 atom stereocenters. The summed E-state index contributed by atoms with van der Waals surface area (Å²) in [6.45, 7) is 9.41. The number of nitro benzene ring substituents is 1. The molecule has 2 aromatic heterocycles. The molecule has 0 saturated carbocycles. The third kappa shape index (κ3) is 8.30. The molecule has 17 nitrogen and oxygen atoms in total. The third-order valence-corrected chi connectivity index (χ3v) is 8.15. The first-order chi connectivity index (χ1) is 24.1. The maximum atomic E-state index is 12.3. The number of hydrogen-bond donors (Lipinski definition) is 4. The number of carbonyl (C=O) groups excluding carboxylic acids is 2. The number of primary amides is 2. The molecular formula is C33H42N10O7. The molecule has 2 amide bonds. The van der Waals surface area contributed by atoms with Gasteiger partial charge in [-0.2, -0.15) is 5.10 Å². The quantitative estimate of drug-likeness (QED) is 0.0543. The Morgan fingerprint density at radius 3 is 2.48 bits per heavy atom. The molecule has 0 unspecified atom stereocenters. The zero-order valence-corrected chi connectivity index (χ0v) is 28.3. The number of rotatable bonds is 17. The van der Waals surface area contributed by atoms with E-state index in [1.165, 1.54) is 13.2 Å². The van der Waals surface area contributed by atoms with E-state index in [1.54, 1.807) is 18.2 Å². The SMILES string of the molecule is CCn1nc(C)cc1Nc1nc2cc(C(N)=O)cc(OCCCN3CCOCC3)c2n1C/C=C/CNc1c(OC)cc(C(N)=O)cc1[N+](=O)[O-]. The van der Waals surface area contributed by atoms with Crippen LogP contribution in [0.1, 0.15) is 39.8 Å². The van der Waals surface area contributed by atoms with Crippen molar-refractivity contribution in [3.05, 3.63) is 69.4 Å². The van der Waals surface area contributed by atoms with Gasteiger partial charge >= 0.3 is 0 Å². The Morgan fingerprint density at radius 1 is 1.08 bits per heavy atom. The van der Waals surface area contributed by atoms with Crippen LogP contribution in [0.5, 0.6) is 11.5 Å². The van der Waals surface area contributed by atoms with E-state index in [-0.39, 0.29) is 34.8 Å². The van der Waals surface area contributed by atoms with Gasteiger partial charge in [-0.25, -0.2) is 9.67 Å². The van der Waals surface area contributed by atoms with E-state index in [2.05, 4.69) is 20.6 Å². The van der Waals surface area contributed by atoms with Crippen molar-refractivity contribution < 1.29 is 28.7 Å². The first-order valence-corrected chi connectivity index (χ1v) is 16.2. The summed E-state index contributed by atoms with van der Waals surface area (Å²) in [5, 5.41) is 22.7. The van der Waals surface area contributed by atoms with Gasteiger partial charge in [0.2, 0.25) is 17.8 Å². The Balaban J connectivity index is 1.44. The van der Waals surface area contributed by atoms with Crippen LogP contribution < -0.4 is 31.6 Å². The highest BCUT2D eigenvalue weighted by atomic mass is 16.6. The number of aryl methyl sites for hydroxylation is 2. The number of nitrogens with zero attached hydrogens (tertiary/aromatic N) is 6. The van der Waals surface area contributed by atoms with E-state index in [4.69, 9.17) is 30.7 Å². The standard InChI is InChI=1S/C33H42N10O7/c1-4-42-28(16-21(2)39-42)38-33-37-24-17-22(31(34)44)20-27(50-13-7-9-40-11-14-49-15-12-40)30(24)41(33)10-6-5-8-36-29-25(43(46)47)18-23(32(35)45)19-26(29)48-3/h5-6,16-20,36H,4,7-15H2,1-3H3,(H2,34,44)(H2,35,45)(H,37,38)/b6-5+. The molecule has 0 radical (unpaired) electrons. The number of benzene rings is 2. The summed E-state index contributed by atoms with van der Waals surface area (Å²) >= 11 is 0. The smallest absolute Gasteiger partial charge is 0.296 e. The van der Waals surface area contributed by atoms with E-state index in [9.17, 15) is 19.7 Å². The number of imidazole rings is 1. The second kappa shape index (κ2) is 16.1. The second-order valence-corrected chi connectivity index (χ2v) is 11.6. The maximum absolute atomic E-state index is 12.3. The number of methoxy groups -OCH3 is 1. The monoisotopic (exact) mass is 690 g/mol. The number of carbonyl (C=O) groups is 2. The van der Waals surface area contributed by atoms with Crippen LogP contribution in [-0.2, 0) is 17.8 Å². The Bertz CT molecular complexity index is 1900. The first-order valence-electron chi connectivity index (χ1n) is 16.2. The highest BCUT2D eigenvalue weighted by Crippen LogP contribution is 2.36. The average Bonchev–Trinajstić information content (AvgIpc) is 3.64. The highest BCUT2D eigenvalue weighted by Gasteiger charge is 2.23. The van der Waals surface area contributed by atoms with Crippen molar-refractivity contribution in [3.63, 3.8) is 0 Å². The predicted octanol–water partition coefficient (Wildman–Crippen LogP) is 3.19. The molecule has 5 rings (SSSR count). The normalized spacial score (nSPS) is 13.5. The van der Waals surface area contributed by atoms with Gasteiger partial charge in [-0.05, 0) is 38.5 Å². The fourth-order valence-corrected chi connectivity index (χ4v) is 5.70. The molecule has 6 N–H and O–H groups in total. The lowest BCUT2D eigenvalue weighted by Crippen LogP contribution is -2.37. The van der Waals surface area contributed by atoms with E-state index >= 15 is 0 Å². The zero-order valence-electron chi connectivity index (χ0n) is 28.3. The summed E-state index contributed by atoms with van der Waals surface area (Å²) in [5.41, 5.74) is 13.0. The average molecular weight is 691 g/mol. The molecule has 0 spiro atoms. The van der Waals surface area contributed by atoms with Gasteiger partial charge in [-0.1, -0.05) is 12.2 Å². The van der Waals surface area contributed by atoms with Crippen molar-refractivity contribution >= 4 is 46.0 Å². The van der Waals surface area contributed by atoms with Crippen molar-refractivity contribution in [1.82, 2.24) is 24.2 Å². The molecular weight excluding hydrogens is 648 g/mol. The van der Waals surface area contributed by atoms with Gasteiger partial charge in [0, 0.05) is 62.5 Å². The van der Waals surface area contributed by atoms with Crippen molar-refractivity contribution in [2.24, 2.45) is 11.5 Å². The number of allylic oxidation sites excluding steroid dienone is 1. The largest absolute Gasteiger partial charge is 0.494 e. The molecule has 2 aromatic carbocycles. The lowest BCUT2D eigenvalue weighted by atomic mass is 10.1. The van der Waals surface area contributed by atoms with E-state index in [1.807, 2.05) is 35.2 Å². The lowest BCUT2D eigenvalue weighted by molar-refractivity contribution is -0.384. The zero-order chi connectivity index (χ0) is 35.8. The molecule has 0 aliphatic carbocycles. The van der Waals surface area contributed by atoms with Crippen LogP contribution in [0.25, 0.3) is 11.0 Å². The van der Waals surface area contributed by atoms with Gasteiger partial charge in [0.15, 0.2) is 5.69 Å². The summed E-state index contributed by atoms with van der Waals surface area (Å²) in [4.78, 5) is 42.4. The molecule has 1 saturated heterocycles. The van der Waals surface area contributed by atoms with Gasteiger partial charge in [0.05, 0.1) is 43.1 Å². The Hall–Kier alpha value is -5.68. The van der Waals surface area contributed by atoms with Gasteiger partial charge in [0.1, 0.15) is 22.8 Å². The van der Waals surface area contributed by atoms with Gasteiger partial charge in [-0.15, -0.1) is 0 Å². The number of nitrogens with two attached hydrogens (primary N) is 2. The van der Waals surface area contributed by atoms with Crippen LogP contribution in [0.15, 0.2) is 42.5 Å². The molecule has 1 fully saturated rings. The lowest BCUT2D eigenvalue weighted by Gasteiger charge is -2.26. The predicted molar refractivity (Wildman–Crippen MR) is 187 cm³/mol. The summed E-state index contributed by atoms with van der Waals surface area (Å²) in [6, 6.07) is 7.64. The minimum atomic E-state index is -0.810. The van der Waals surface area contributed by atoms with E-state index in [0.717, 1.165) is 43.6 Å². The number of anilines is 3. The summed E-state index contributed by atoms with van der Waals surface area (Å²) in [5.74, 6) is 0.362.